The molecule has 0 saturated heterocycles. The predicted octanol–water partition coefficient (Wildman–Crippen LogP) is 2.75. The van der Waals surface area contributed by atoms with Crippen LogP contribution >= 0.6 is 0 Å². The first-order valence-corrected chi connectivity index (χ1v) is 5.50. The van der Waals surface area contributed by atoms with Crippen molar-refractivity contribution in [3.05, 3.63) is 28.1 Å². The molecular formula is C11H11F3N4O2. The molecule has 0 aliphatic carbocycles. The van der Waals surface area contributed by atoms with Crippen molar-refractivity contribution in [3.8, 4) is 6.07 Å². The fourth-order valence-electron chi connectivity index (χ4n) is 1.52. The van der Waals surface area contributed by atoms with Crippen LogP contribution in [0.3, 0.4) is 0 Å². The minimum atomic E-state index is -4.69. The van der Waals surface area contributed by atoms with Crippen LogP contribution < -0.4 is 4.90 Å². The predicted molar refractivity (Wildman–Crippen MR) is 64.0 cm³/mol. The molecule has 0 bridgehead atoms. The molecule has 0 fully saturated rings. The van der Waals surface area contributed by atoms with Gasteiger partial charge in [0.25, 0.3) is 0 Å². The summed E-state index contributed by atoms with van der Waals surface area (Å²) in [4.78, 5) is 14.4. The molecule has 1 unspecified atom stereocenters. The molecule has 0 aliphatic heterocycles. The number of alkyl halides is 3. The SMILES string of the molecule is CC(CC#N)N(C)c1cc(C(F)(F)F)ncc1[N+](=O)[O-]. The average molecular weight is 288 g/mol. The van der Waals surface area contributed by atoms with E-state index in [9.17, 15) is 23.3 Å². The van der Waals surface area contributed by atoms with E-state index in [-0.39, 0.29) is 12.1 Å². The van der Waals surface area contributed by atoms with Crippen LogP contribution in [0.25, 0.3) is 0 Å². The maximum absolute atomic E-state index is 12.6. The summed E-state index contributed by atoms with van der Waals surface area (Å²) >= 11 is 0. The van der Waals surface area contributed by atoms with Crippen LogP contribution in [0.15, 0.2) is 12.3 Å². The monoisotopic (exact) mass is 288 g/mol. The molecule has 1 atom stereocenters. The molecule has 6 nitrogen and oxygen atoms in total. The molecule has 0 saturated carbocycles. The number of halogens is 3. The molecule has 1 rings (SSSR count). The van der Waals surface area contributed by atoms with E-state index < -0.39 is 28.5 Å². The van der Waals surface area contributed by atoms with E-state index in [0.717, 1.165) is 0 Å². The highest BCUT2D eigenvalue weighted by Gasteiger charge is 2.35. The average Bonchev–Trinajstić information content (AvgIpc) is 2.36. The van der Waals surface area contributed by atoms with Gasteiger partial charge in [-0.2, -0.15) is 18.4 Å². The number of anilines is 1. The van der Waals surface area contributed by atoms with E-state index in [1.54, 1.807) is 6.92 Å². The lowest BCUT2D eigenvalue weighted by molar-refractivity contribution is -0.384. The quantitative estimate of drug-likeness (QED) is 0.628. The van der Waals surface area contributed by atoms with E-state index in [1.807, 2.05) is 6.07 Å². The molecule has 9 heteroatoms. The largest absolute Gasteiger partial charge is 0.433 e. The Bertz CT molecular complexity index is 554. The first kappa shape index (κ1) is 15.7. The molecule has 1 aromatic heterocycles. The Kier molecular flexibility index (Phi) is 4.49. The molecule has 0 amide bonds. The van der Waals surface area contributed by atoms with Gasteiger partial charge in [0.15, 0.2) is 0 Å². The Morgan fingerprint density at radius 3 is 2.65 bits per heavy atom. The molecule has 0 aromatic carbocycles. The van der Waals surface area contributed by atoms with Crippen molar-refractivity contribution in [1.82, 2.24) is 4.98 Å². The van der Waals surface area contributed by atoms with Crippen LogP contribution in [-0.2, 0) is 6.18 Å². The van der Waals surface area contributed by atoms with Gasteiger partial charge in [0, 0.05) is 13.1 Å². The summed E-state index contributed by atoms with van der Waals surface area (Å²) in [6, 6.07) is 2.01. The number of hydrogen-bond donors (Lipinski definition) is 0. The van der Waals surface area contributed by atoms with Gasteiger partial charge in [0.1, 0.15) is 17.6 Å². The molecule has 1 aromatic rings. The summed E-state index contributed by atoms with van der Waals surface area (Å²) in [7, 11) is 1.39. The first-order valence-electron chi connectivity index (χ1n) is 5.50. The van der Waals surface area contributed by atoms with Crippen LogP contribution in [0, 0.1) is 21.4 Å². The van der Waals surface area contributed by atoms with E-state index in [1.165, 1.54) is 11.9 Å². The van der Waals surface area contributed by atoms with Gasteiger partial charge in [-0.25, -0.2) is 4.98 Å². The molecule has 0 spiro atoms. The van der Waals surface area contributed by atoms with Crippen molar-refractivity contribution in [3.63, 3.8) is 0 Å². The lowest BCUT2D eigenvalue weighted by atomic mass is 10.2. The lowest BCUT2D eigenvalue weighted by Gasteiger charge is -2.25. The van der Waals surface area contributed by atoms with E-state index >= 15 is 0 Å². The van der Waals surface area contributed by atoms with Crippen LogP contribution in [-0.4, -0.2) is 23.0 Å². The number of aromatic nitrogens is 1. The summed E-state index contributed by atoms with van der Waals surface area (Å²) in [5.41, 5.74) is -1.97. The highest BCUT2D eigenvalue weighted by atomic mass is 19.4. The third kappa shape index (κ3) is 3.34. The van der Waals surface area contributed by atoms with Crippen LogP contribution in [0.4, 0.5) is 24.5 Å². The Hall–Kier alpha value is -2.37. The Labute approximate surface area is 112 Å². The van der Waals surface area contributed by atoms with Crippen molar-refractivity contribution in [2.45, 2.75) is 25.6 Å². The zero-order chi connectivity index (χ0) is 15.5. The molecule has 0 N–H and O–H groups in total. The van der Waals surface area contributed by atoms with Gasteiger partial charge in [0.05, 0.1) is 17.4 Å². The van der Waals surface area contributed by atoms with Crippen LogP contribution in [0.5, 0.6) is 0 Å². The third-order valence-corrected chi connectivity index (χ3v) is 2.78. The van der Waals surface area contributed by atoms with Crippen molar-refractivity contribution < 1.29 is 18.1 Å². The molecule has 108 valence electrons. The summed E-state index contributed by atoms with van der Waals surface area (Å²) in [6.45, 7) is 1.58. The highest BCUT2D eigenvalue weighted by molar-refractivity contribution is 5.63. The van der Waals surface area contributed by atoms with Gasteiger partial charge in [-0.1, -0.05) is 0 Å². The Balaban J connectivity index is 3.33. The number of rotatable bonds is 4. The molecule has 0 radical (unpaired) electrons. The second-order valence-electron chi connectivity index (χ2n) is 4.14. The minimum Gasteiger partial charge on any atom is -0.365 e. The van der Waals surface area contributed by atoms with Crippen molar-refractivity contribution >= 4 is 11.4 Å². The van der Waals surface area contributed by atoms with Crippen molar-refractivity contribution in [1.29, 1.82) is 5.26 Å². The fraction of sp³-hybridized carbons (Fsp3) is 0.455. The van der Waals surface area contributed by atoms with Crippen LogP contribution in [0.2, 0.25) is 0 Å². The van der Waals surface area contributed by atoms with E-state index in [0.29, 0.717) is 12.3 Å². The third-order valence-electron chi connectivity index (χ3n) is 2.78. The van der Waals surface area contributed by atoms with Crippen molar-refractivity contribution in [2.75, 3.05) is 11.9 Å². The number of nitro groups is 1. The number of nitriles is 1. The standard InChI is InChI=1S/C11H11F3N4O2/c1-7(3-4-15)17(2)8-5-10(11(12,13)14)16-6-9(8)18(19)20/h5-7H,3H2,1-2H3. The van der Waals surface area contributed by atoms with Gasteiger partial charge in [-0.15, -0.1) is 0 Å². The van der Waals surface area contributed by atoms with Gasteiger partial charge in [-0.05, 0) is 13.0 Å². The lowest BCUT2D eigenvalue weighted by Crippen LogP contribution is -2.29. The zero-order valence-electron chi connectivity index (χ0n) is 10.7. The first-order chi connectivity index (χ1) is 9.18. The summed E-state index contributed by atoms with van der Waals surface area (Å²) in [6.07, 6.45) is -4.09. The van der Waals surface area contributed by atoms with Gasteiger partial charge < -0.3 is 4.90 Å². The smallest absolute Gasteiger partial charge is 0.365 e. The topological polar surface area (TPSA) is 83.1 Å². The molecule has 20 heavy (non-hydrogen) atoms. The molecule has 0 aliphatic rings. The molecule has 1 heterocycles. The second kappa shape index (κ2) is 5.73. The number of nitrogens with zero attached hydrogens (tertiary/aromatic N) is 4. The van der Waals surface area contributed by atoms with Gasteiger partial charge >= 0.3 is 11.9 Å². The highest BCUT2D eigenvalue weighted by Crippen LogP contribution is 2.35. The number of hydrogen-bond acceptors (Lipinski definition) is 5. The second-order valence-corrected chi connectivity index (χ2v) is 4.14. The Morgan fingerprint density at radius 2 is 2.20 bits per heavy atom. The van der Waals surface area contributed by atoms with E-state index in [4.69, 9.17) is 5.26 Å². The van der Waals surface area contributed by atoms with Gasteiger partial charge in [-0.3, -0.25) is 10.1 Å². The maximum Gasteiger partial charge on any atom is 0.433 e. The minimum absolute atomic E-state index is 0.0251. The fourth-order valence-corrected chi connectivity index (χ4v) is 1.52. The summed E-state index contributed by atoms with van der Waals surface area (Å²) in [5.74, 6) is 0. The summed E-state index contributed by atoms with van der Waals surface area (Å²) < 4.78 is 37.8. The van der Waals surface area contributed by atoms with Crippen molar-refractivity contribution in [2.24, 2.45) is 0 Å². The Morgan fingerprint density at radius 1 is 1.60 bits per heavy atom. The molecular weight excluding hydrogens is 277 g/mol. The van der Waals surface area contributed by atoms with E-state index in [2.05, 4.69) is 4.98 Å². The zero-order valence-corrected chi connectivity index (χ0v) is 10.7. The van der Waals surface area contributed by atoms with Gasteiger partial charge in [0.2, 0.25) is 0 Å². The number of pyridine rings is 1. The maximum atomic E-state index is 12.6. The normalized spacial score (nSPS) is 12.6. The van der Waals surface area contributed by atoms with Crippen LogP contribution in [0.1, 0.15) is 19.0 Å². The summed E-state index contributed by atoms with van der Waals surface area (Å²) in [5, 5.41) is 19.5.